The molecular weight excluding hydrogens is 310 g/mol. The number of rotatable bonds is 4. The van der Waals surface area contributed by atoms with Gasteiger partial charge in [0, 0.05) is 23.7 Å². The van der Waals surface area contributed by atoms with Crippen molar-refractivity contribution in [3.8, 4) is 0 Å². The molecule has 2 amide bonds. The molecule has 0 bridgehead atoms. The number of thiophene rings is 1. The first-order valence-corrected chi connectivity index (χ1v) is 7.63. The number of amides is 2. The molecule has 2 aromatic rings. The lowest BCUT2D eigenvalue weighted by Crippen LogP contribution is -2.37. The number of halogens is 1. The molecule has 5 nitrogen and oxygen atoms in total. The summed E-state index contributed by atoms with van der Waals surface area (Å²) in [6.07, 6.45) is 0. The molecule has 0 unspecified atom stereocenters. The number of nitrogens with zero attached hydrogens (tertiary/aromatic N) is 1. The largest absolute Gasteiger partial charge is 0.397 e. The Hall–Kier alpha value is -1.79. The highest BCUT2D eigenvalue weighted by atomic mass is 35.5. The van der Waals surface area contributed by atoms with Crippen LogP contribution in [0.2, 0.25) is 5.02 Å². The molecule has 0 fully saturated rings. The van der Waals surface area contributed by atoms with Gasteiger partial charge in [0.25, 0.3) is 5.91 Å². The number of nitrogens with one attached hydrogen (secondary N) is 1. The minimum absolute atomic E-state index is 0.0510. The third-order valence-electron chi connectivity index (χ3n) is 3.21. The number of hydrogen-bond donors (Lipinski definition) is 2. The second kappa shape index (κ2) is 6.32. The van der Waals surface area contributed by atoms with Crippen molar-refractivity contribution in [2.75, 3.05) is 25.9 Å². The molecule has 7 heteroatoms. The van der Waals surface area contributed by atoms with Crippen LogP contribution in [-0.2, 0) is 4.79 Å². The Morgan fingerprint density at radius 1 is 1.43 bits per heavy atom. The summed E-state index contributed by atoms with van der Waals surface area (Å²) in [4.78, 5) is 25.8. The number of carbonyl (C=O) groups is 2. The Labute approximate surface area is 131 Å². The Morgan fingerprint density at radius 2 is 2.14 bits per heavy atom. The highest BCUT2D eigenvalue weighted by Crippen LogP contribution is 2.37. The molecule has 0 aliphatic rings. The van der Waals surface area contributed by atoms with Gasteiger partial charge in [0.05, 0.1) is 17.3 Å². The minimum atomic E-state index is -0.359. The van der Waals surface area contributed by atoms with Crippen LogP contribution in [0.15, 0.2) is 18.2 Å². The maximum absolute atomic E-state index is 12.2. The molecule has 3 N–H and O–H groups in total. The van der Waals surface area contributed by atoms with E-state index in [2.05, 4.69) is 5.32 Å². The van der Waals surface area contributed by atoms with Gasteiger partial charge < -0.3 is 16.0 Å². The van der Waals surface area contributed by atoms with Gasteiger partial charge in [-0.3, -0.25) is 9.59 Å². The third kappa shape index (κ3) is 3.11. The smallest absolute Gasteiger partial charge is 0.263 e. The van der Waals surface area contributed by atoms with Crippen LogP contribution in [0, 0.1) is 0 Å². The molecule has 0 saturated carbocycles. The van der Waals surface area contributed by atoms with Crippen molar-refractivity contribution >= 4 is 50.5 Å². The first kappa shape index (κ1) is 15.6. The fourth-order valence-electron chi connectivity index (χ4n) is 1.85. The zero-order valence-corrected chi connectivity index (χ0v) is 13.3. The monoisotopic (exact) mass is 325 g/mol. The summed E-state index contributed by atoms with van der Waals surface area (Å²) in [5, 5.41) is 3.79. The second-order valence-electron chi connectivity index (χ2n) is 4.55. The maximum Gasteiger partial charge on any atom is 0.263 e. The predicted octanol–water partition coefficient (Wildman–Crippen LogP) is 2.34. The van der Waals surface area contributed by atoms with E-state index in [1.807, 2.05) is 19.1 Å². The van der Waals surface area contributed by atoms with Crippen LogP contribution in [0.5, 0.6) is 0 Å². The number of anilines is 1. The average molecular weight is 326 g/mol. The zero-order chi connectivity index (χ0) is 15.6. The van der Waals surface area contributed by atoms with Crippen LogP contribution in [0.25, 0.3) is 10.1 Å². The molecule has 0 spiro atoms. The van der Waals surface area contributed by atoms with Gasteiger partial charge in [-0.2, -0.15) is 0 Å². The van der Waals surface area contributed by atoms with Crippen molar-refractivity contribution in [3.05, 3.63) is 28.1 Å². The van der Waals surface area contributed by atoms with Crippen LogP contribution in [0.4, 0.5) is 5.69 Å². The van der Waals surface area contributed by atoms with E-state index in [1.165, 1.54) is 16.2 Å². The first-order valence-electron chi connectivity index (χ1n) is 6.44. The van der Waals surface area contributed by atoms with E-state index in [-0.39, 0.29) is 18.4 Å². The predicted molar refractivity (Wildman–Crippen MR) is 86.9 cm³/mol. The van der Waals surface area contributed by atoms with E-state index >= 15 is 0 Å². The summed E-state index contributed by atoms with van der Waals surface area (Å²) >= 11 is 7.37. The highest BCUT2D eigenvalue weighted by molar-refractivity contribution is 7.21. The molecule has 0 aliphatic heterocycles. The standard InChI is InChI=1S/C14H16ClN3O2S/c1-3-18(2)10(19)7-17-14(20)13-12(16)11-8(15)5-4-6-9(11)21-13/h4-6H,3,7,16H2,1-2H3,(H,17,20). The molecule has 0 atom stereocenters. The van der Waals surface area contributed by atoms with Crippen molar-refractivity contribution in [2.24, 2.45) is 0 Å². The number of nitrogens with two attached hydrogens (primary N) is 1. The second-order valence-corrected chi connectivity index (χ2v) is 6.01. The van der Waals surface area contributed by atoms with Gasteiger partial charge >= 0.3 is 0 Å². The molecular formula is C14H16ClN3O2S. The molecule has 2 rings (SSSR count). The lowest BCUT2D eigenvalue weighted by atomic mass is 10.2. The summed E-state index contributed by atoms with van der Waals surface area (Å²) in [6.45, 7) is 2.41. The van der Waals surface area contributed by atoms with Crippen molar-refractivity contribution in [3.63, 3.8) is 0 Å². The van der Waals surface area contributed by atoms with E-state index in [1.54, 1.807) is 13.1 Å². The van der Waals surface area contributed by atoms with Gasteiger partial charge in [-0.05, 0) is 19.1 Å². The van der Waals surface area contributed by atoms with Crippen LogP contribution in [0.1, 0.15) is 16.6 Å². The maximum atomic E-state index is 12.2. The van der Waals surface area contributed by atoms with Gasteiger partial charge in [0.15, 0.2) is 0 Å². The normalized spacial score (nSPS) is 10.6. The number of carbonyl (C=O) groups excluding carboxylic acids is 2. The van der Waals surface area contributed by atoms with E-state index in [0.29, 0.717) is 27.5 Å². The van der Waals surface area contributed by atoms with Crippen molar-refractivity contribution < 1.29 is 9.59 Å². The Balaban J connectivity index is 2.19. The number of likely N-dealkylation sites (N-methyl/N-ethyl adjacent to an activating group) is 1. The Kier molecular flexibility index (Phi) is 4.69. The number of hydrogen-bond acceptors (Lipinski definition) is 4. The summed E-state index contributed by atoms with van der Waals surface area (Å²) in [7, 11) is 1.68. The summed E-state index contributed by atoms with van der Waals surface area (Å²) < 4.78 is 0.849. The number of benzene rings is 1. The van der Waals surface area contributed by atoms with Crippen molar-refractivity contribution in [1.82, 2.24) is 10.2 Å². The van der Waals surface area contributed by atoms with E-state index < -0.39 is 0 Å². The van der Waals surface area contributed by atoms with Crippen LogP contribution >= 0.6 is 22.9 Å². The van der Waals surface area contributed by atoms with Gasteiger partial charge in [-0.1, -0.05) is 17.7 Å². The summed E-state index contributed by atoms with van der Waals surface area (Å²) in [5.74, 6) is -0.508. The first-order chi connectivity index (χ1) is 9.95. The topological polar surface area (TPSA) is 75.4 Å². The van der Waals surface area contributed by atoms with Gasteiger partial charge in [-0.15, -0.1) is 11.3 Å². The molecule has 1 aromatic carbocycles. The molecule has 1 aromatic heterocycles. The molecule has 1 heterocycles. The summed E-state index contributed by atoms with van der Waals surface area (Å²) in [6, 6.07) is 5.39. The van der Waals surface area contributed by atoms with Crippen LogP contribution < -0.4 is 11.1 Å². The van der Waals surface area contributed by atoms with Crippen LogP contribution in [-0.4, -0.2) is 36.9 Å². The molecule has 112 valence electrons. The van der Waals surface area contributed by atoms with Crippen LogP contribution in [0.3, 0.4) is 0 Å². The third-order valence-corrected chi connectivity index (χ3v) is 4.69. The molecule has 0 aliphatic carbocycles. The van der Waals surface area contributed by atoms with E-state index in [9.17, 15) is 9.59 Å². The van der Waals surface area contributed by atoms with E-state index in [0.717, 1.165) is 4.70 Å². The fraction of sp³-hybridized carbons (Fsp3) is 0.286. The Bertz CT molecular complexity index is 699. The number of fused-ring (bicyclic) bond motifs is 1. The van der Waals surface area contributed by atoms with Crippen molar-refractivity contribution in [2.45, 2.75) is 6.92 Å². The molecule has 0 saturated heterocycles. The summed E-state index contributed by atoms with van der Waals surface area (Å²) in [5.41, 5.74) is 6.36. The minimum Gasteiger partial charge on any atom is -0.397 e. The van der Waals surface area contributed by atoms with Gasteiger partial charge in [0.2, 0.25) is 5.91 Å². The zero-order valence-electron chi connectivity index (χ0n) is 11.8. The molecule has 21 heavy (non-hydrogen) atoms. The lowest BCUT2D eigenvalue weighted by molar-refractivity contribution is -0.128. The SMILES string of the molecule is CCN(C)C(=O)CNC(=O)c1sc2cccc(Cl)c2c1N. The highest BCUT2D eigenvalue weighted by Gasteiger charge is 2.19. The lowest BCUT2D eigenvalue weighted by Gasteiger charge is -2.14. The molecule has 0 radical (unpaired) electrons. The quantitative estimate of drug-likeness (QED) is 0.906. The van der Waals surface area contributed by atoms with Gasteiger partial charge in [-0.25, -0.2) is 0 Å². The van der Waals surface area contributed by atoms with Crippen molar-refractivity contribution in [1.29, 1.82) is 0 Å². The Morgan fingerprint density at radius 3 is 2.76 bits per heavy atom. The van der Waals surface area contributed by atoms with Gasteiger partial charge in [0.1, 0.15) is 4.88 Å². The fourth-order valence-corrected chi connectivity index (χ4v) is 3.24. The van der Waals surface area contributed by atoms with E-state index in [4.69, 9.17) is 17.3 Å². The average Bonchev–Trinajstić information content (AvgIpc) is 2.82. The number of nitrogen functional groups attached to an aromatic ring is 1.